The van der Waals surface area contributed by atoms with Gasteiger partial charge in [-0.1, -0.05) is 0 Å². The SMILES string of the molecule is O=Cc1cc(I)c(O)c(O)c1O. The number of benzene rings is 1. The fourth-order valence-corrected chi connectivity index (χ4v) is 1.32. The average molecular weight is 280 g/mol. The molecule has 0 radical (unpaired) electrons. The Bertz CT molecular complexity index is 335. The average Bonchev–Trinajstić information content (AvgIpc) is 2.08. The summed E-state index contributed by atoms with van der Waals surface area (Å²) in [6.45, 7) is 0. The highest BCUT2D eigenvalue weighted by atomic mass is 127. The molecule has 12 heavy (non-hydrogen) atoms. The van der Waals surface area contributed by atoms with Crippen LogP contribution in [0.25, 0.3) is 0 Å². The van der Waals surface area contributed by atoms with E-state index in [9.17, 15) is 4.79 Å². The number of carbonyl (C=O) groups is 1. The number of rotatable bonds is 1. The Morgan fingerprint density at radius 3 is 2.25 bits per heavy atom. The molecule has 1 aromatic carbocycles. The van der Waals surface area contributed by atoms with Crippen molar-refractivity contribution < 1.29 is 20.1 Å². The largest absolute Gasteiger partial charge is 0.504 e. The first-order valence-electron chi connectivity index (χ1n) is 2.96. The van der Waals surface area contributed by atoms with Crippen LogP contribution >= 0.6 is 22.6 Å². The zero-order valence-corrected chi connectivity index (χ0v) is 7.94. The van der Waals surface area contributed by atoms with Crippen molar-refractivity contribution in [1.82, 2.24) is 0 Å². The maximum atomic E-state index is 10.3. The van der Waals surface area contributed by atoms with E-state index < -0.39 is 17.2 Å². The van der Waals surface area contributed by atoms with Crippen molar-refractivity contribution in [3.8, 4) is 17.2 Å². The van der Waals surface area contributed by atoms with Gasteiger partial charge in [-0.25, -0.2) is 0 Å². The summed E-state index contributed by atoms with van der Waals surface area (Å²) in [4.78, 5) is 10.3. The molecule has 0 bridgehead atoms. The van der Waals surface area contributed by atoms with Gasteiger partial charge in [0, 0.05) is 0 Å². The van der Waals surface area contributed by atoms with Crippen LogP contribution in [0, 0.1) is 3.57 Å². The fourth-order valence-electron chi connectivity index (χ4n) is 0.725. The normalized spacial score (nSPS) is 9.75. The quantitative estimate of drug-likeness (QED) is 0.410. The number of hydrogen-bond acceptors (Lipinski definition) is 4. The van der Waals surface area contributed by atoms with E-state index in [1.54, 1.807) is 22.6 Å². The molecule has 0 fully saturated rings. The number of aldehydes is 1. The molecular formula is C7H5IO4. The van der Waals surface area contributed by atoms with Gasteiger partial charge in [-0.05, 0) is 28.7 Å². The zero-order valence-electron chi connectivity index (χ0n) is 5.78. The van der Waals surface area contributed by atoms with Crippen LogP contribution in [-0.4, -0.2) is 21.6 Å². The van der Waals surface area contributed by atoms with Gasteiger partial charge in [0.1, 0.15) is 0 Å². The third-order valence-corrected chi connectivity index (χ3v) is 2.18. The van der Waals surface area contributed by atoms with Crippen LogP contribution < -0.4 is 0 Å². The zero-order chi connectivity index (χ0) is 9.30. The topological polar surface area (TPSA) is 77.8 Å². The number of phenolic OH excluding ortho intramolecular Hbond substituents is 3. The monoisotopic (exact) mass is 280 g/mol. The second kappa shape index (κ2) is 3.18. The van der Waals surface area contributed by atoms with Crippen molar-refractivity contribution >= 4 is 28.9 Å². The van der Waals surface area contributed by atoms with Gasteiger partial charge in [0.25, 0.3) is 0 Å². The molecule has 1 rings (SSSR count). The van der Waals surface area contributed by atoms with E-state index in [-0.39, 0.29) is 5.56 Å². The number of halogens is 1. The standard InChI is InChI=1S/C7H5IO4/c8-4-1-3(2-9)5(10)7(12)6(4)11/h1-2,10-12H. The molecule has 0 aliphatic heterocycles. The predicted molar refractivity (Wildman–Crippen MR) is 49.5 cm³/mol. The molecule has 3 N–H and O–H groups in total. The first-order valence-corrected chi connectivity index (χ1v) is 4.04. The first-order chi connectivity index (χ1) is 5.57. The fraction of sp³-hybridized carbons (Fsp3) is 0. The Morgan fingerprint density at radius 2 is 1.75 bits per heavy atom. The van der Waals surface area contributed by atoms with E-state index in [1.807, 2.05) is 0 Å². The third-order valence-electron chi connectivity index (χ3n) is 1.36. The van der Waals surface area contributed by atoms with Gasteiger partial charge in [-0.15, -0.1) is 0 Å². The smallest absolute Gasteiger partial charge is 0.202 e. The third kappa shape index (κ3) is 1.31. The Kier molecular flexibility index (Phi) is 2.41. The Balaban J connectivity index is 3.49. The Morgan fingerprint density at radius 1 is 1.17 bits per heavy atom. The van der Waals surface area contributed by atoms with Crippen LogP contribution in [0.1, 0.15) is 10.4 Å². The van der Waals surface area contributed by atoms with Crippen LogP contribution in [0.4, 0.5) is 0 Å². The molecule has 5 heteroatoms. The molecule has 0 heterocycles. The van der Waals surface area contributed by atoms with Crippen LogP contribution in [0.2, 0.25) is 0 Å². The summed E-state index contributed by atoms with van der Waals surface area (Å²) in [6, 6.07) is 1.28. The van der Waals surface area contributed by atoms with Crippen molar-refractivity contribution in [3.63, 3.8) is 0 Å². The minimum Gasteiger partial charge on any atom is -0.504 e. The molecule has 0 aliphatic rings. The molecule has 1 aromatic rings. The molecule has 0 saturated carbocycles. The van der Waals surface area contributed by atoms with Gasteiger partial charge in [0.15, 0.2) is 17.8 Å². The molecule has 0 atom stereocenters. The molecule has 0 aromatic heterocycles. The van der Waals surface area contributed by atoms with E-state index >= 15 is 0 Å². The van der Waals surface area contributed by atoms with Crippen LogP contribution in [-0.2, 0) is 0 Å². The highest BCUT2D eigenvalue weighted by Gasteiger charge is 2.13. The highest BCUT2D eigenvalue weighted by Crippen LogP contribution is 2.39. The van der Waals surface area contributed by atoms with Crippen molar-refractivity contribution in [2.24, 2.45) is 0 Å². The van der Waals surface area contributed by atoms with Crippen molar-refractivity contribution in [3.05, 3.63) is 15.2 Å². The lowest BCUT2D eigenvalue weighted by Crippen LogP contribution is -1.85. The molecule has 0 saturated heterocycles. The lowest BCUT2D eigenvalue weighted by atomic mass is 10.2. The number of hydrogen-bond donors (Lipinski definition) is 3. The molecule has 64 valence electrons. The summed E-state index contributed by atoms with van der Waals surface area (Å²) in [5.41, 5.74) is -0.0466. The van der Waals surface area contributed by atoms with Gasteiger partial charge >= 0.3 is 0 Å². The summed E-state index contributed by atoms with van der Waals surface area (Å²) in [7, 11) is 0. The Labute approximate surface area is 81.6 Å². The lowest BCUT2D eigenvalue weighted by molar-refractivity contribution is 0.112. The molecule has 4 nitrogen and oxygen atoms in total. The summed E-state index contributed by atoms with van der Waals surface area (Å²) in [5, 5.41) is 27.2. The summed E-state index contributed by atoms with van der Waals surface area (Å²) in [5.74, 6) is -1.68. The second-order valence-electron chi connectivity index (χ2n) is 2.11. The highest BCUT2D eigenvalue weighted by molar-refractivity contribution is 14.1. The molecule has 0 spiro atoms. The van der Waals surface area contributed by atoms with Crippen LogP contribution in [0.15, 0.2) is 6.07 Å². The minimum atomic E-state index is -0.663. The summed E-state index contributed by atoms with van der Waals surface area (Å²) in [6.07, 6.45) is 0.399. The van der Waals surface area contributed by atoms with E-state index in [2.05, 4.69) is 0 Å². The summed E-state index contributed by atoms with van der Waals surface area (Å²) < 4.78 is 0.310. The number of phenols is 3. The second-order valence-corrected chi connectivity index (χ2v) is 3.27. The number of carbonyl (C=O) groups excluding carboxylic acids is 1. The van der Waals surface area contributed by atoms with Gasteiger partial charge < -0.3 is 15.3 Å². The van der Waals surface area contributed by atoms with E-state index in [0.717, 1.165) is 0 Å². The predicted octanol–water partition coefficient (Wildman–Crippen LogP) is 1.22. The summed E-state index contributed by atoms with van der Waals surface area (Å²) >= 11 is 1.74. The van der Waals surface area contributed by atoms with Crippen molar-refractivity contribution in [1.29, 1.82) is 0 Å². The van der Waals surface area contributed by atoms with Gasteiger partial charge in [-0.3, -0.25) is 4.79 Å². The van der Waals surface area contributed by atoms with E-state index in [0.29, 0.717) is 9.86 Å². The molecule has 0 amide bonds. The number of aromatic hydroxyl groups is 3. The van der Waals surface area contributed by atoms with Crippen LogP contribution in [0.3, 0.4) is 0 Å². The Hall–Kier alpha value is -0.980. The van der Waals surface area contributed by atoms with Gasteiger partial charge in [0.05, 0.1) is 9.13 Å². The van der Waals surface area contributed by atoms with Gasteiger partial charge in [-0.2, -0.15) is 0 Å². The van der Waals surface area contributed by atoms with E-state index in [1.165, 1.54) is 6.07 Å². The van der Waals surface area contributed by atoms with Gasteiger partial charge in [0.2, 0.25) is 5.75 Å². The van der Waals surface area contributed by atoms with Crippen molar-refractivity contribution in [2.45, 2.75) is 0 Å². The van der Waals surface area contributed by atoms with Crippen molar-refractivity contribution in [2.75, 3.05) is 0 Å². The first kappa shape index (κ1) is 9.11. The van der Waals surface area contributed by atoms with E-state index in [4.69, 9.17) is 15.3 Å². The molecule has 0 aliphatic carbocycles. The molecular weight excluding hydrogens is 275 g/mol. The van der Waals surface area contributed by atoms with Crippen LogP contribution in [0.5, 0.6) is 17.2 Å². The maximum Gasteiger partial charge on any atom is 0.202 e. The minimum absolute atomic E-state index is 0.0466. The molecule has 0 unspecified atom stereocenters. The maximum absolute atomic E-state index is 10.3. The lowest BCUT2D eigenvalue weighted by Gasteiger charge is -2.04.